The number of rotatable bonds is 1. The molecule has 1 aliphatic rings. The summed E-state index contributed by atoms with van der Waals surface area (Å²) in [5.41, 5.74) is -0.582. The lowest BCUT2D eigenvalue weighted by molar-refractivity contribution is -0.138. The number of hydrogen-bond acceptors (Lipinski definition) is 3. The molecule has 1 heterocycles. The maximum absolute atomic E-state index is 11.8. The van der Waals surface area contributed by atoms with Crippen molar-refractivity contribution in [3.8, 4) is 0 Å². The molecule has 0 saturated carbocycles. The summed E-state index contributed by atoms with van der Waals surface area (Å²) < 4.78 is 0. The van der Waals surface area contributed by atoms with Gasteiger partial charge in [0, 0.05) is 5.41 Å². The molecule has 14 heavy (non-hydrogen) atoms. The van der Waals surface area contributed by atoms with Crippen LogP contribution in [0.15, 0.2) is 0 Å². The van der Waals surface area contributed by atoms with Crippen LogP contribution in [0.3, 0.4) is 0 Å². The molecule has 0 aliphatic carbocycles. The molecule has 1 rings (SSSR count). The molecule has 2 atom stereocenters. The predicted octanol–water partition coefficient (Wildman–Crippen LogP) is 0.510. The van der Waals surface area contributed by atoms with Crippen LogP contribution >= 0.6 is 0 Å². The van der Waals surface area contributed by atoms with E-state index < -0.39 is 23.2 Å². The van der Waals surface area contributed by atoms with Crippen molar-refractivity contribution in [2.45, 2.75) is 27.7 Å². The molecule has 4 nitrogen and oxygen atoms in total. The molecule has 0 unspecified atom stereocenters. The number of carbonyl (C=O) groups excluding carboxylic acids is 3. The standard InChI is InChI=1S/C10H15NO3/c1-5-6(7(12)10(2,3)4)9(14)11-8(5)13/h5-6H,1-4H3,(H,11,13,14)/t5-,6+/m1/s1. The summed E-state index contributed by atoms with van der Waals surface area (Å²) in [6, 6.07) is 0. The molecule has 2 amide bonds. The van der Waals surface area contributed by atoms with Crippen LogP contribution in [-0.4, -0.2) is 17.6 Å². The van der Waals surface area contributed by atoms with Crippen LogP contribution in [0.4, 0.5) is 0 Å². The van der Waals surface area contributed by atoms with Gasteiger partial charge in [-0.05, 0) is 0 Å². The molecule has 0 radical (unpaired) electrons. The van der Waals surface area contributed by atoms with E-state index in [9.17, 15) is 14.4 Å². The molecule has 1 aliphatic heterocycles. The van der Waals surface area contributed by atoms with E-state index in [2.05, 4.69) is 5.32 Å². The lowest BCUT2D eigenvalue weighted by Crippen LogP contribution is -2.35. The van der Waals surface area contributed by atoms with Gasteiger partial charge in [0.1, 0.15) is 5.92 Å². The predicted molar refractivity (Wildman–Crippen MR) is 50.3 cm³/mol. The van der Waals surface area contributed by atoms with Gasteiger partial charge in [0.05, 0.1) is 5.92 Å². The number of nitrogens with one attached hydrogen (secondary N) is 1. The minimum absolute atomic E-state index is 0.173. The molecular formula is C10H15NO3. The molecule has 78 valence electrons. The van der Waals surface area contributed by atoms with Crippen LogP contribution in [0.5, 0.6) is 0 Å². The van der Waals surface area contributed by atoms with Crippen LogP contribution in [0.2, 0.25) is 0 Å². The molecule has 0 spiro atoms. The fraction of sp³-hybridized carbons (Fsp3) is 0.700. The Bertz CT molecular complexity index is 301. The van der Waals surface area contributed by atoms with E-state index in [4.69, 9.17) is 0 Å². The van der Waals surface area contributed by atoms with E-state index in [1.165, 1.54) is 0 Å². The number of amides is 2. The van der Waals surface area contributed by atoms with Crippen molar-refractivity contribution in [3.63, 3.8) is 0 Å². The zero-order valence-corrected chi connectivity index (χ0v) is 8.88. The Morgan fingerprint density at radius 1 is 1.21 bits per heavy atom. The van der Waals surface area contributed by atoms with Gasteiger partial charge in [-0.1, -0.05) is 27.7 Å². The number of ketones is 1. The molecule has 0 aromatic rings. The fourth-order valence-corrected chi connectivity index (χ4v) is 1.50. The minimum Gasteiger partial charge on any atom is -0.298 e. The summed E-state index contributed by atoms with van der Waals surface area (Å²) in [5.74, 6) is -2.31. The van der Waals surface area contributed by atoms with E-state index in [0.717, 1.165) is 0 Å². The van der Waals surface area contributed by atoms with Crippen molar-refractivity contribution in [2.24, 2.45) is 17.3 Å². The second-order valence-corrected chi connectivity index (χ2v) is 4.73. The maximum Gasteiger partial charge on any atom is 0.237 e. The van der Waals surface area contributed by atoms with E-state index in [1.54, 1.807) is 27.7 Å². The molecule has 0 bridgehead atoms. The second kappa shape index (κ2) is 3.19. The summed E-state index contributed by atoms with van der Waals surface area (Å²) in [6.07, 6.45) is 0. The number of imide groups is 1. The zero-order chi connectivity index (χ0) is 11.1. The highest BCUT2D eigenvalue weighted by molar-refractivity contribution is 6.16. The summed E-state index contributed by atoms with van der Waals surface area (Å²) in [5, 5.41) is 2.17. The summed E-state index contributed by atoms with van der Waals surface area (Å²) in [7, 11) is 0. The van der Waals surface area contributed by atoms with Gasteiger partial charge >= 0.3 is 0 Å². The summed E-state index contributed by atoms with van der Waals surface area (Å²) in [4.78, 5) is 34.3. The average Bonchev–Trinajstić information content (AvgIpc) is 2.24. The average molecular weight is 197 g/mol. The third-order valence-corrected chi connectivity index (χ3v) is 2.46. The third-order valence-electron chi connectivity index (χ3n) is 2.46. The monoisotopic (exact) mass is 197 g/mol. The van der Waals surface area contributed by atoms with Gasteiger partial charge in [0.25, 0.3) is 0 Å². The maximum atomic E-state index is 11.8. The van der Waals surface area contributed by atoms with Crippen molar-refractivity contribution in [1.29, 1.82) is 0 Å². The van der Waals surface area contributed by atoms with Crippen LogP contribution in [0.1, 0.15) is 27.7 Å². The molecular weight excluding hydrogens is 182 g/mol. The van der Waals surface area contributed by atoms with Crippen molar-refractivity contribution in [3.05, 3.63) is 0 Å². The molecule has 1 saturated heterocycles. The van der Waals surface area contributed by atoms with Crippen LogP contribution in [-0.2, 0) is 14.4 Å². The van der Waals surface area contributed by atoms with Crippen LogP contribution < -0.4 is 5.32 Å². The highest BCUT2D eigenvalue weighted by Crippen LogP contribution is 2.28. The summed E-state index contributed by atoms with van der Waals surface area (Å²) in [6.45, 7) is 6.85. The Morgan fingerprint density at radius 2 is 1.71 bits per heavy atom. The topological polar surface area (TPSA) is 63.2 Å². The van der Waals surface area contributed by atoms with E-state index in [0.29, 0.717) is 0 Å². The Labute approximate surface area is 83.1 Å². The number of carbonyl (C=O) groups is 3. The Morgan fingerprint density at radius 3 is 2.00 bits per heavy atom. The fourth-order valence-electron chi connectivity index (χ4n) is 1.50. The van der Waals surface area contributed by atoms with Gasteiger partial charge in [-0.3, -0.25) is 19.7 Å². The van der Waals surface area contributed by atoms with Crippen molar-refractivity contribution in [2.75, 3.05) is 0 Å². The largest absolute Gasteiger partial charge is 0.298 e. The quantitative estimate of drug-likeness (QED) is 0.492. The normalized spacial score (nSPS) is 27.7. The van der Waals surface area contributed by atoms with Crippen molar-refractivity contribution in [1.82, 2.24) is 5.32 Å². The van der Waals surface area contributed by atoms with E-state index in [1.807, 2.05) is 0 Å². The highest BCUT2D eigenvalue weighted by Gasteiger charge is 2.46. The minimum atomic E-state index is -0.803. The lowest BCUT2D eigenvalue weighted by atomic mass is 9.79. The lowest BCUT2D eigenvalue weighted by Gasteiger charge is -2.21. The number of Topliss-reactive ketones (excluding diaryl/α,β-unsaturated/α-hetero) is 1. The Kier molecular flexibility index (Phi) is 2.48. The third kappa shape index (κ3) is 1.69. The summed E-state index contributed by atoms with van der Waals surface area (Å²) >= 11 is 0. The van der Waals surface area contributed by atoms with Gasteiger partial charge in [0.15, 0.2) is 5.78 Å². The first-order valence-corrected chi connectivity index (χ1v) is 4.64. The number of hydrogen-bond donors (Lipinski definition) is 1. The Balaban J connectivity index is 2.94. The molecule has 0 aromatic carbocycles. The highest BCUT2D eigenvalue weighted by atomic mass is 16.2. The SMILES string of the molecule is C[C@H]1C(=O)NC(=O)[C@@H]1C(=O)C(C)(C)C. The first kappa shape index (κ1) is 10.9. The van der Waals surface area contributed by atoms with Gasteiger partial charge in [-0.2, -0.15) is 0 Å². The molecule has 0 aromatic heterocycles. The van der Waals surface area contributed by atoms with E-state index in [-0.39, 0.29) is 11.7 Å². The van der Waals surface area contributed by atoms with Crippen LogP contribution in [0.25, 0.3) is 0 Å². The second-order valence-electron chi connectivity index (χ2n) is 4.73. The first-order valence-electron chi connectivity index (χ1n) is 4.64. The smallest absolute Gasteiger partial charge is 0.237 e. The van der Waals surface area contributed by atoms with Gasteiger partial charge in [0.2, 0.25) is 11.8 Å². The van der Waals surface area contributed by atoms with Crippen molar-refractivity contribution >= 4 is 17.6 Å². The first-order chi connectivity index (χ1) is 6.25. The van der Waals surface area contributed by atoms with Crippen molar-refractivity contribution < 1.29 is 14.4 Å². The van der Waals surface area contributed by atoms with Gasteiger partial charge in [-0.15, -0.1) is 0 Å². The van der Waals surface area contributed by atoms with E-state index >= 15 is 0 Å². The Hall–Kier alpha value is -1.19. The molecule has 1 N–H and O–H groups in total. The molecule has 4 heteroatoms. The molecule has 1 fully saturated rings. The van der Waals surface area contributed by atoms with Crippen LogP contribution in [0, 0.1) is 17.3 Å². The van der Waals surface area contributed by atoms with Gasteiger partial charge in [-0.25, -0.2) is 0 Å². The van der Waals surface area contributed by atoms with Gasteiger partial charge < -0.3 is 0 Å². The zero-order valence-electron chi connectivity index (χ0n) is 8.88.